The first-order valence-electron chi connectivity index (χ1n) is 7.18. The second kappa shape index (κ2) is 8.09. The number of nitrogens with zero attached hydrogens (tertiary/aromatic N) is 2. The molecule has 0 aliphatic rings. The Morgan fingerprint density at radius 2 is 1.87 bits per heavy atom. The molecule has 0 radical (unpaired) electrons. The molecule has 0 amide bonds. The minimum atomic E-state index is 0.533. The normalized spacial score (nSPS) is 10.8. The largest absolute Gasteiger partial charge is 0.497 e. The summed E-state index contributed by atoms with van der Waals surface area (Å²) < 4.78 is 5.14. The Bertz CT molecular complexity index is 687. The van der Waals surface area contributed by atoms with Crippen molar-refractivity contribution in [2.45, 2.75) is 6.92 Å². The van der Waals surface area contributed by atoms with Crippen LogP contribution >= 0.6 is 23.2 Å². The average molecular weight is 352 g/mol. The van der Waals surface area contributed by atoms with E-state index in [0.29, 0.717) is 15.7 Å². The summed E-state index contributed by atoms with van der Waals surface area (Å²) in [6.07, 6.45) is 1.73. The van der Waals surface area contributed by atoms with E-state index in [0.717, 1.165) is 23.7 Å². The number of nitrogens with one attached hydrogen (secondary N) is 1. The monoisotopic (exact) mass is 351 g/mol. The van der Waals surface area contributed by atoms with Crippen molar-refractivity contribution < 1.29 is 4.74 Å². The fraction of sp³-hybridized carbons (Fsp3) is 0.235. The number of ether oxygens (including phenoxy) is 1. The maximum absolute atomic E-state index is 6.33. The zero-order valence-electron chi connectivity index (χ0n) is 13.3. The Labute approximate surface area is 146 Å². The van der Waals surface area contributed by atoms with Crippen LogP contribution in [0.15, 0.2) is 41.4 Å². The number of rotatable bonds is 6. The molecule has 0 bridgehead atoms. The van der Waals surface area contributed by atoms with E-state index in [1.807, 2.05) is 43.1 Å². The molecule has 0 atom stereocenters. The topological polar surface area (TPSA) is 36.9 Å². The molecule has 2 rings (SSSR count). The summed E-state index contributed by atoms with van der Waals surface area (Å²) in [5.74, 6) is 0.796. The molecule has 0 fully saturated rings. The molecule has 0 aromatic heterocycles. The van der Waals surface area contributed by atoms with E-state index in [1.165, 1.54) is 0 Å². The van der Waals surface area contributed by atoms with E-state index >= 15 is 0 Å². The SMILES string of the molecule is CCN(C)/C=N\c1cc(Cl)c(Nc2ccc(OC)cc2)cc1Cl. The predicted octanol–water partition coefficient (Wildman–Crippen LogP) is 5.36. The van der Waals surface area contributed by atoms with Gasteiger partial charge in [-0.15, -0.1) is 0 Å². The van der Waals surface area contributed by atoms with Crippen molar-refractivity contribution in [3.05, 3.63) is 46.4 Å². The molecule has 0 unspecified atom stereocenters. The fourth-order valence-electron chi connectivity index (χ4n) is 1.80. The Balaban J connectivity index is 2.20. The van der Waals surface area contributed by atoms with Crippen LogP contribution in [0.25, 0.3) is 0 Å². The highest BCUT2D eigenvalue weighted by molar-refractivity contribution is 6.37. The zero-order valence-corrected chi connectivity index (χ0v) is 14.8. The highest BCUT2D eigenvalue weighted by Gasteiger charge is 2.07. The summed E-state index contributed by atoms with van der Waals surface area (Å²) in [7, 11) is 3.58. The second-order valence-corrected chi connectivity index (χ2v) is 5.77. The number of aliphatic imine (C=N–C) groups is 1. The molecule has 0 aliphatic heterocycles. The van der Waals surface area contributed by atoms with Crippen LogP contribution in [0.5, 0.6) is 5.75 Å². The third-order valence-corrected chi connectivity index (χ3v) is 3.91. The number of hydrogen-bond acceptors (Lipinski definition) is 3. The van der Waals surface area contributed by atoms with Crippen LogP contribution in [0.2, 0.25) is 10.0 Å². The predicted molar refractivity (Wildman–Crippen MR) is 99.2 cm³/mol. The Morgan fingerprint density at radius 1 is 1.17 bits per heavy atom. The lowest BCUT2D eigenvalue weighted by Crippen LogP contribution is -2.14. The van der Waals surface area contributed by atoms with Crippen LogP contribution in [0.1, 0.15) is 6.92 Å². The molecule has 6 heteroatoms. The highest BCUT2D eigenvalue weighted by Crippen LogP contribution is 2.35. The Hall–Kier alpha value is -1.91. The Morgan fingerprint density at radius 3 is 2.48 bits per heavy atom. The molecule has 1 N–H and O–H groups in total. The van der Waals surface area contributed by atoms with Crippen LogP contribution in [0, 0.1) is 0 Å². The minimum Gasteiger partial charge on any atom is -0.497 e. The molecular weight excluding hydrogens is 333 g/mol. The molecule has 0 aliphatic carbocycles. The van der Waals surface area contributed by atoms with E-state index in [1.54, 1.807) is 25.6 Å². The summed E-state index contributed by atoms with van der Waals surface area (Å²) in [6, 6.07) is 11.1. The van der Waals surface area contributed by atoms with Crippen LogP contribution in [-0.2, 0) is 0 Å². The summed E-state index contributed by atoms with van der Waals surface area (Å²) in [6.45, 7) is 2.91. The minimum absolute atomic E-state index is 0.533. The van der Waals surface area contributed by atoms with Gasteiger partial charge >= 0.3 is 0 Å². The van der Waals surface area contributed by atoms with Gasteiger partial charge in [0.1, 0.15) is 5.75 Å². The van der Waals surface area contributed by atoms with Crippen molar-refractivity contribution in [3.8, 4) is 5.75 Å². The first kappa shape index (κ1) is 17.4. The van der Waals surface area contributed by atoms with E-state index in [-0.39, 0.29) is 0 Å². The summed E-state index contributed by atoms with van der Waals surface area (Å²) in [5, 5.41) is 4.32. The van der Waals surface area contributed by atoms with Gasteiger partial charge in [-0.05, 0) is 43.3 Å². The lowest BCUT2D eigenvalue weighted by Gasteiger charge is -2.12. The van der Waals surface area contributed by atoms with Gasteiger partial charge in [0.05, 0.1) is 34.9 Å². The third kappa shape index (κ3) is 4.78. The lowest BCUT2D eigenvalue weighted by molar-refractivity contribution is 0.415. The second-order valence-electron chi connectivity index (χ2n) is 4.95. The number of benzene rings is 2. The molecule has 4 nitrogen and oxygen atoms in total. The van der Waals surface area contributed by atoms with E-state index in [9.17, 15) is 0 Å². The average Bonchev–Trinajstić information content (AvgIpc) is 2.57. The Kier molecular flexibility index (Phi) is 6.13. The highest BCUT2D eigenvalue weighted by atomic mass is 35.5. The standard InChI is InChI=1S/C17H19Cl2N3O/c1-4-22(2)11-20-16-9-15(19)17(10-14(16)18)21-12-5-7-13(23-3)8-6-12/h5-11,21H,4H2,1-3H3/b20-11-. The maximum Gasteiger partial charge on any atom is 0.119 e. The van der Waals surface area contributed by atoms with Gasteiger partial charge in [0.15, 0.2) is 0 Å². The van der Waals surface area contributed by atoms with Crippen molar-refractivity contribution in [1.29, 1.82) is 0 Å². The number of hydrogen-bond donors (Lipinski definition) is 1. The van der Waals surface area contributed by atoms with Crippen LogP contribution in [-0.4, -0.2) is 31.9 Å². The number of methoxy groups -OCH3 is 1. The maximum atomic E-state index is 6.33. The van der Waals surface area contributed by atoms with Gasteiger partial charge in [-0.3, -0.25) is 0 Å². The number of anilines is 2. The van der Waals surface area contributed by atoms with Gasteiger partial charge in [-0.25, -0.2) is 4.99 Å². The first-order chi connectivity index (χ1) is 11.0. The van der Waals surface area contributed by atoms with E-state index < -0.39 is 0 Å². The van der Waals surface area contributed by atoms with Gasteiger partial charge in [0.2, 0.25) is 0 Å². The van der Waals surface area contributed by atoms with E-state index in [4.69, 9.17) is 27.9 Å². The quantitative estimate of drug-likeness (QED) is 0.562. The smallest absolute Gasteiger partial charge is 0.119 e. The van der Waals surface area contributed by atoms with Crippen LogP contribution in [0.4, 0.5) is 17.1 Å². The molecular formula is C17H19Cl2N3O. The molecule has 23 heavy (non-hydrogen) atoms. The fourth-order valence-corrected chi connectivity index (χ4v) is 2.22. The van der Waals surface area contributed by atoms with Crippen molar-refractivity contribution in [2.24, 2.45) is 4.99 Å². The van der Waals surface area contributed by atoms with Crippen molar-refractivity contribution in [2.75, 3.05) is 26.0 Å². The molecule has 2 aromatic carbocycles. The van der Waals surface area contributed by atoms with Crippen LogP contribution < -0.4 is 10.1 Å². The van der Waals surface area contributed by atoms with Crippen molar-refractivity contribution in [3.63, 3.8) is 0 Å². The summed E-state index contributed by atoms with van der Waals surface area (Å²) >= 11 is 12.6. The molecule has 0 heterocycles. The summed E-state index contributed by atoms with van der Waals surface area (Å²) in [4.78, 5) is 6.30. The van der Waals surface area contributed by atoms with Gasteiger partial charge in [0, 0.05) is 19.3 Å². The van der Waals surface area contributed by atoms with Gasteiger partial charge in [0.25, 0.3) is 0 Å². The van der Waals surface area contributed by atoms with Crippen molar-refractivity contribution >= 4 is 46.6 Å². The first-order valence-corrected chi connectivity index (χ1v) is 7.93. The zero-order chi connectivity index (χ0) is 16.8. The lowest BCUT2D eigenvalue weighted by atomic mass is 10.2. The molecule has 0 saturated carbocycles. The van der Waals surface area contributed by atoms with Crippen molar-refractivity contribution in [1.82, 2.24) is 4.90 Å². The van der Waals surface area contributed by atoms with Crippen LogP contribution in [0.3, 0.4) is 0 Å². The van der Waals surface area contributed by atoms with Gasteiger partial charge in [-0.2, -0.15) is 0 Å². The molecule has 0 spiro atoms. The van der Waals surface area contributed by atoms with E-state index in [2.05, 4.69) is 10.3 Å². The number of halogens is 2. The van der Waals surface area contributed by atoms with Gasteiger partial charge in [-0.1, -0.05) is 23.2 Å². The molecule has 122 valence electrons. The van der Waals surface area contributed by atoms with Gasteiger partial charge < -0.3 is 15.0 Å². The summed E-state index contributed by atoms with van der Waals surface area (Å²) in [5.41, 5.74) is 2.26. The third-order valence-electron chi connectivity index (χ3n) is 3.30. The molecule has 0 saturated heterocycles. The molecule has 2 aromatic rings.